The standard InChI is InChI=1S/C29H36N2O7/c30-16-18-1-5-20(6-2-18)27(33)36-23-10-12-24(13-11-23)37-29(35)25-15-22(32)9-14-26(25)38-28(34)21-7-3-19(17-31)4-8-21/h9-15,18-21,32H,1-8,16-17,30-31H2/t18-,19-,20-,21-. The summed E-state index contributed by atoms with van der Waals surface area (Å²) in [7, 11) is 0. The summed E-state index contributed by atoms with van der Waals surface area (Å²) in [4.78, 5) is 38.2. The Labute approximate surface area is 222 Å². The first-order valence-electron chi connectivity index (χ1n) is 13.3. The number of benzene rings is 2. The average molecular weight is 525 g/mol. The SMILES string of the molecule is NC[C@H]1CC[C@H](C(=O)Oc2ccc(OC(=O)c3cc(O)ccc3OC(=O)[C@H]3CC[C@H](CN)CC3)cc2)CC1. The van der Waals surface area contributed by atoms with Gasteiger partial charge in [0.25, 0.3) is 0 Å². The second kappa shape index (κ2) is 12.9. The Morgan fingerprint density at radius 1 is 0.684 bits per heavy atom. The van der Waals surface area contributed by atoms with Crippen LogP contribution in [0.3, 0.4) is 0 Å². The van der Waals surface area contributed by atoms with E-state index >= 15 is 0 Å². The average Bonchev–Trinajstić information content (AvgIpc) is 2.95. The molecule has 204 valence electrons. The summed E-state index contributed by atoms with van der Waals surface area (Å²) in [6.45, 7) is 1.25. The van der Waals surface area contributed by atoms with Gasteiger partial charge in [0.2, 0.25) is 0 Å². The minimum absolute atomic E-state index is 0.0219. The fourth-order valence-corrected chi connectivity index (χ4v) is 5.16. The van der Waals surface area contributed by atoms with Crippen LogP contribution in [-0.2, 0) is 9.59 Å². The fourth-order valence-electron chi connectivity index (χ4n) is 5.16. The number of phenolic OH excluding ortho intramolecular Hbond substituents is 1. The van der Waals surface area contributed by atoms with E-state index in [0.29, 0.717) is 43.5 Å². The molecule has 2 aromatic rings. The van der Waals surface area contributed by atoms with Gasteiger partial charge in [-0.1, -0.05) is 0 Å². The zero-order chi connectivity index (χ0) is 27.1. The highest BCUT2D eigenvalue weighted by Gasteiger charge is 2.29. The monoisotopic (exact) mass is 524 g/mol. The van der Waals surface area contributed by atoms with Crippen LogP contribution in [-0.4, -0.2) is 36.1 Å². The van der Waals surface area contributed by atoms with Crippen LogP contribution < -0.4 is 25.7 Å². The van der Waals surface area contributed by atoms with Crippen LogP contribution in [0.1, 0.15) is 61.7 Å². The van der Waals surface area contributed by atoms with Gasteiger partial charge in [-0.2, -0.15) is 0 Å². The molecule has 0 atom stereocenters. The van der Waals surface area contributed by atoms with Crippen LogP contribution in [0.5, 0.6) is 23.0 Å². The number of phenols is 1. The highest BCUT2D eigenvalue weighted by atomic mass is 16.6. The lowest BCUT2D eigenvalue weighted by atomic mass is 9.82. The first-order valence-corrected chi connectivity index (χ1v) is 13.3. The summed E-state index contributed by atoms with van der Waals surface area (Å²) >= 11 is 0. The topological polar surface area (TPSA) is 151 Å². The van der Waals surface area contributed by atoms with Gasteiger partial charge in [0, 0.05) is 0 Å². The summed E-state index contributed by atoms with van der Waals surface area (Å²) in [6, 6.07) is 10.0. The Balaban J connectivity index is 1.35. The predicted molar refractivity (Wildman–Crippen MR) is 140 cm³/mol. The van der Waals surface area contributed by atoms with Crippen molar-refractivity contribution in [3.05, 3.63) is 48.0 Å². The van der Waals surface area contributed by atoms with Crippen molar-refractivity contribution in [3.8, 4) is 23.0 Å². The van der Waals surface area contributed by atoms with Crippen LogP contribution in [0.25, 0.3) is 0 Å². The number of hydrogen-bond donors (Lipinski definition) is 3. The van der Waals surface area contributed by atoms with Gasteiger partial charge in [-0.3, -0.25) is 9.59 Å². The molecule has 2 saturated carbocycles. The molecule has 0 heterocycles. The van der Waals surface area contributed by atoms with E-state index in [0.717, 1.165) is 38.5 Å². The summed E-state index contributed by atoms with van der Waals surface area (Å²) < 4.78 is 16.5. The van der Waals surface area contributed by atoms with Crippen molar-refractivity contribution >= 4 is 17.9 Å². The lowest BCUT2D eigenvalue weighted by molar-refractivity contribution is -0.141. The Bertz CT molecular complexity index is 1120. The maximum Gasteiger partial charge on any atom is 0.347 e. The quantitative estimate of drug-likeness (QED) is 0.344. The van der Waals surface area contributed by atoms with E-state index in [1.807, 2.05) is 0 Å². The lowest BCUT2D eigenvalue weighted by Gasteiger charge is -2.26. The van der Waals surface area contributed by atoms with E-state index in [-0.39, 0.29) is 40.6 Å². The van der Waals surface area contributed by atoms with Crippen LogP contribution >= 0.6 is 0 Å². The number of aromatic hydroxyl groups is 1. The second-order valence-electron chi connectivity index (χ2n) is 10.3. The lowest BCUT2D eigenvalue weighted by Crippen LogP contribution is -2.28. The molecular formula is C29H36N2O7. The minimum atomic E-state index is -0.794. The van der Waals surface area contributed by atoms with E-state index < -0.39 is 11.9 Å². The summed E-state index contributed by atoms with van der Waals surface area (Å²) in [6.07, 6.45) is 6.47. The third kappa shape index (κ3) is 7.11. The Morgan fingerprint density at radius 3 is 1.66 bits per heavy atom. The third-order valence-electron chi connectivity index (χ3n) is 7.67. The number of rotatable bonds is 8. The zero-order valence-corrected chi connectivity index (χ0v) is 21.5. The van der Waals surface area contributed by atoms with E-state index in [1.54, 1.807) is 12.1 Å². The number of carbonyl (C=O) groups excluding carboxylic acids is 3. The predicted octanol–water partition coefficient (Wildman–Crippen LogP) is 3.95. The van der Waals surface area contributed by atoms with Gasteiger partial charge in [0.1, 0.15) is 28.6 Å². The number of carbonyl (C=O) groups is 3. The van der Waals surface area contributed by atoms with Crippen molar-refractivity contribution in [1.29, 1.82) is 0 Å². The molecule has 0 aliphatic heterocycles. The number of nitrogens with two attached hydrogens (primary N) is 2. The Kier molecular flexibility index (Phi) is 9.36. The van der Waals surface area contributed by atoms with Crippen LogP contribution in [0.2, 0.25) is 0 Å². The van der Waals surface area contributed by atoms with Crippen LogP contribution in [0.4, 0.5) is 0 Å². The highest BCUT2D eigenvalue weighted by Crippen LogP contribution is 2.32. The van der Waals surface area contributed by atoms with Crippen molar-refractivity contribution in [2.45, 2.75) is 51.4 Å². The summed E-state index contributed by atoms with van der Waals surface area (Å²) in [5, 5.41) is 9.93. The Morgan fingerprint density at radius 2 is 1.16 bits per heavy atom. The van der Waals surface area contributed by atoms with Crippen molar-refractivity contribution in [2.75, 3.05) is 13.1 Å². The Hall–Kier alpha value is -3.43. The normalized spacial score (nSPS) is 23.3. The first kappa shape index (κ1) is 27.6. The first-order chi connectivity index (χ1) is 18.4. The molecule has 0 unspecified atom stereocenters. The molecular weight excluding hydrogens is 488 g/mol. The largest absolute Gasteiger partial charge is 0.508 e. The van der Waals surface area contributed by atoms with Gasteiger partial charge < -0.3 is 30.8 Å². The van der Waals surface area contributed by atoms with Gasteiger partial charge in [0.05, 0.1) is 11.8 Å². The number of ether oxygens (including phenoxy) is 3. The highest BCUT2D eigenvalue weighted by molar-refractivity contribution is 5.95. The molecule has 0 spiro atoms. The van der Waals surface area contributed by atoms with Crippen molar-refractivity contribution in [1.82, 2.24) is 0 Å². The van der Waals surface area contributed by atoms with Crippen LogP contribution in [0.15, 0.2) is 42.5 Å². The third-order valence-corrected chi connectivity index (χ3v) is 7.67. The van der Waals surface area contributed by atoms with E-state index in [4.69, 9.17) is 25.7 Å². The van der Waals surface area contributed by atoms with E-state index in [1.165, 1.54) is 30.3 Å². The van der Waals surface area contributed by atoms with Crippen molar-refractivity contribution in [3.63, 3.8) is 0 Å². The van der Waals surface area contributed by atoms with Gasteiger partial charge in [-0.05, 0) is 119 Å². The molecule has 2 aliphatic rings. The van der Waals surface area contributed by atoms with Crippen molar-refractivity contribution in [2.24, 2.45) is 35.1 Å². The molecule has 38 heavy (non-hydrogen) atoms. The molecule has 0 amide bonds. The molecule has 0 aromatic heterocycles. The summed E-state index contributed by atoms with van der Waals surface area (Å²) in [5.41, 5.74) is 11.4. The smallest absolute Gasteiger partial charge is 0.347 e. The van der Waals surface area contributed by atoms with Crippen LogP contribution in [0, 0.1) is 23.7 Å². The van der Waals surface area contributed by atoms with Crippen molar-refractivity contribution < 1.29 is 33.7 Å². The molecule has 9 nitrogen and oxygen atoms in total. The van der Waals surface area contributed by atoms with Gasteiger partial charge in [-0.25, -0.2) is 4.79 Å². The molecule has 4 rings (SSSR count). The number of hydrogen-bond acceptors (Lipinski definition) is 9. The molecule has 2 aliphatic carbocycles. The molecule has 2 fully saturated rings. The second-order valence-corrected chi connectivity index (χ2v) is 10.3. The van der Waals surface area contributed by atoms with E-state index in [2.05, 4.69) is 0 Å². The van der Waals surface area contributed by atoms with Gasteiger partial charge >= 0.3 is 17.9 Å². The van der Waals surface area contributed by atoms with Gasteiger partial charge in [-0.15, -0.1) is 0 Å². The summed E-state index contributed by atoms with van der Waals surface area (Å²) in [5.74, 6) is -0.570. The van der Waals surface area contributed by atoms with Gasteiger partial charge in [0.15, 0.2) is 0 Å². The molecule has 5 N–H and O–H groups in total. The molecule has 0 saturated heterocycles. The maximum absolute atomic E-state index is 12.9. The van der Waals surface area contributed by atoms with E-state index in [9.17, 15) is 19.5 Å². The number of esters is 3. The maximum atomic E-state index is 12.9. The fraction of sp³-hybridized carbons (Fsp3) is 0.483. The molecule has 0 bridgehead atoms. The minimum Gasteiger partial charge on any atom is -0.508 e. The molecule has 9 heteroatoms. The molecule has 2 aromatic carbocycles. The molecule has 0 radical (unpaired) electrons. The zero-order valence-electron chi connectivity index (χ0n) is 21.5.